The zero-order chi connectivity index (χ0) is 25.9. The van der Waals surface area contributed by atoms with Gasteiger partial charge in [-0.2, -0.15) is 0 Å². The summed E-state index contributed by atoms with van der Waals surface area (Å²) in [4.78, 5) is 19.2. The Morgan fingerprint density at radius 2 is 2.08 bits per heavy atom. The van der Waals surface area contributed by atoms with E-state index in [2.05, 4.69) is 32.2 Å². The lowest BCUT2D eigenvalue weighted by Crippen LogP contribution is -2.46. The molecule has 1 aliphatic heterocycles. The predicted molar refractivity (Wildman–Crippen MR) is 143 cm³/mol. The number of methoxy groups -OCH3 is 1. The zero-order valence-corrected chi connectivity index (χ0v) is 21.5. The third-order valence-corrected chi connectivity index (χ3v) is 7.01. The Kier molecular flexibility index (Phi) is 7.19. The number of nitrogens with zero attached hydrogens (tertiary/aromatic N) is 3. The van der Waals surface area contributed by atoms with E-state index in [0.29, 0.717) is 36.0 Å². The fourth-order valence-electron chi connectivity index (χ4n) is 4.92. The number of carbonyl (C=O) groups excluding carboxylic acids is 1. The number of alkyl halides is 1. The Labute approximate surface area is 216 Å². The number of rotatable bonds is 7. The summed E-state index contributed by atoms with van der Waals surface area (Å²) in [5.41, 5.74) is 4.55. The Morgan fingerprint density at radius 1 is 1.24 bits per heavy atom. The molecule has 1 saturated carbocycles. The number of hydrogen-bond acceptors (Lipinski definition) is 6. The molecule has 37 heavy (non-hydrogen) atoms. The molecule has 0 unspecified atom stereocenters. The van der Waals surface area contributed by atoms with E-state index >= 15 is 0 Å². The largest absolute Gasteiger partial charge is 0.495 e. The Bertz CT molecular complexity index is 1360. The van der Waals surface area contributed by atoms with Crippen molar-refractivity contribution in [3.63, 3.8) is 0 Å². The molecule has 1 saturated heterocycles. The summed E-state index contributed by atoms with van der Waals surface area (Å²) in [5, 5.41) is 9.31. The maximum absolute atomic E-state index is 14.7. The van der Waals surface area contributed by atoms with Crippen molar-refractivity contribution in [2.45, 2.75) is 37.4 Å². The van der Waals surface area contributed by atoms with Crippen molar-refractivity contribution in [2.75, 3.05) is 51.5 Å². The molecule has 3 heterocycles. The van der Waals surface area contributed by atoms with Crippen LogP contribution in [0, 0.1) is 11.8 Å². The van der Waals surface area contributed by atoms with Crippen LogP contribution in [0.2, 0.25) is 0 Å². The highest BCUT2D eigenvalue weighted by Crippen LogP contribution is 2.42. The van der Waals surface area contributed by atoms with Crippen LogP contribution in [0.4, 0.5) is 15.8 Å². The number of piperidine rings is 1. The molecule has 8 nitrogen and oxygen atoms in total. The number of ether oxygens (including phenoxy) is 1. The van der Waals surface area contributed by atoms with Gasteiger partial charge in [0.1, 0.15) is 17.6 Å². The molecule has 2 atom stereocenters. The van der Waals surface area contributed by atoms with Crippen LogP contribution < -0.4 is 20.7 Å². The lowest BCUT2D eigenvalue weighted by atomic mass is 10.0. The second-order valence-electron chi connectivity index (χ2n) is 9.67. The molecule has 2 fully saturated rings. The number of benzene rings is 1. The summed E-state index contributed by atoms with van der Waals surface area (Å²) in [6.07, 6.45) is 4.04. The molecule has 0 radical (unpaired) electrons. The van der Waals surface area contributed by atoms with Crippen LogP contribution in [-0.4, -0.2) is 73.2 Å². The van der Waals surface area contributed by atoms with E-state index < -0.39 is 6.17 Å². The molecular weight excluding hydrogens is 471 g/mol. The summed E-state index contributed by atoms with van der Waals surface area (Å²) in [6.45, 7) is 1.60. The molecule has 194 valence electrons. The predicted octanol–water partition coefficient (Wildman–Crippen LogP) is 3.50. The number of likely N-dealkylation sites (tertiary alicyclic amines) is 1. The van der Waals surface area contributed by atoms with Gasteiger partial charge in [0, 0.05) is 32.3 Å². The highest BCUT2D eigenvalue weighted by atomic mass is 19.1. The van der Waals surface area contributed by atoms with Gasteiger partial charge >= 0.3 is 0 Å². The van der Waals surface area contributed by atoms with Gasteiger partial charge in [0.25, 0.3) is 5.91 Å². The first-order valence-corrected chi connectivity index (χ1v) is 12.7. The molecule has 1 aliphatic carbocycles. The van der Waals surface area contributed by atoms with Crippen molar-refractivity contribution in [2.24, 2.45) is 0 Å². The van der Waals surface area contributed by atoms with Crippen molar-refractivity contribution in [3.8, 4) is 17.6 Å². The lowest BCUT2D eigenvalue weighted by molar-refractivity contribution is 0.0963. The summed E-state index contributed by atoms with van der Waals surface area (Å²) >= 11 is 0. The Morgan fingerprint density at radius 3 is 2.81 bits per heavy atom. The first-order chi connectivity index (χ1) is 18.0. The van der Waals surface area contributed by atoms with E-state index in [1.54, 1.807) is 32.4 Å². The molecule has 9 heteroatoms. The van der Waals surface area contributed by atoms with Gasteiger partial charge in [-0.1, -0.05) is 12.0 Å². The van der Waals surface area contributed by atoms with Crippen molar-refractivity contribution < 1.29 is 13.9 Å². The van der Waals surface area contributed by atoms with E-state index in [9.17, 15) is 9.18 Å². The highest BCUT2D eigenvalue weighted by molar-refractivity contribution is 6.00. The van der Waals surface area contributed by atoms with Gasteiger partial charge in [-0.05, 0) is 56.5 Å². The first kappa shape index (κ1) is 24.9. The number of anilines is 2. The minimum Gasteiger partial charge on any atom is -0.495 e. The summed E-state index contributed by atoms with van der Waals surface area (Å²) in [6, 6.07) is 9.02. The normalized spacial score (nSPS) is 19.7. The van der Waals surface area contributed by atoms with Crippen LogP contribution in [0.15, 0.2) is 36.5 Å². The first-order valence-electron chi connectivity index (χ1n) is 12.7. The number of hydrogen-bond donors (Lipinski definition) is 3. The van der Waals surface area contributed by atoms with Crippen LogP contribution in [0.3, 0.4) is 0 Å². The highest BCUT2D eigenvalue weighted by Gasteiger charge is 2.32. The molecule has 1 aromatic carbocycles. The van der Waals surface area contributed by atoms with Gasteiger partial charge in [-0.15, -0.1) is 0 Å². The maximum Gasteiger partial charge on any atom is 0.253 e. The smallest absolute Gasteiger partial charge is 0.253 e. The SMILES string of the molecule is CNC(=O)c1cccc(OC)c1NCC#Cc1nc2c(N[C@@H]3CCN(C)C[C@@H]3F)cccn2c1C1CC1. The summed E-state index contributed by atoms with van der Waals surface area (Å²) in [7, 11) is 5.12. The zero-order valence-electron chi connectivity index (χ0n) is 21.5. The average molecular weight is 505 g/mol. The van der Waals surface area contributed by atoms with Crippen LogP contribution in [0.25, 0.3) is 5.65 Å². The van der Waals surface area contributed by atoms with Crippen LogP contribution in [-0.2, 0) is 0 Å². The summed E-state index contributed by atoms with van der Waals surface area (Å²) < 4.78 is 22.3. The van der Waals surface area contributed by atoms with E-state index in [4.69, 9.17) is 9.72 Å². The van der Waals surface area contributed by atoms with Crippen molar-refractivity contribution in [3.05, 3.63) is 53.5 Å². The van der Waals surface area contributed by atoms with E-state index in [-0.39, 0.29) is 11.9 Å². The van der Waals surface area contributed by atoms with Crippen molar-refractivity contribution >= 4 is 22.9 Å². The molecule has 3 N–H and O–H groups in total. The maximum atomic E-state index is 14.7. The number of pyridine rings is 1. The van der Waals surface area contributed by atoms with E-state index in [1.165, 1.54) is 0 Å². The Hall–Kier alpha value is -3.77. The van der Waals surface area contributed by atoms with Gasteiger partial charge in [0.05, 0.1) is 42.3 Å². The number of nitrogens with one attached hydrogen (secondary N) is 3. The van der Waals surface area contributed by atoms with Gasteiger partial charge in [0.15, 0.2) is 5.65 Å². The number of amides is 1. The van der Waals surface area contributed by atoms with E-state index in [1.807, 2.05) is 30.3 Å². The molecule has 0 spiro atoms. The van der Waals surface area contributed by atoms with Gasteiger partial charge in [-0.3, -0.25) is 4.79 Å². The number of para-hydroxylation sites is 1. The third kappa shape index (κ3) is 5.20. The molecule has 2 aliphatic rings. The van der Waals surface area contributed by atoms with Gasteiger partial charge in [0.2, 0.25) is 0 Å². The number of carbonyl (C=O) groups is 1. The molecule has 3 aromatic rings. The fourth-order valence-corrected chi connectivity index (χ4v) is 4.92. The average Bonchev–Trinajstić information content (AvgIpc) is 3.67. The van der Waals surface area contributed by atoms with Gasteiger partial charge < -0.3 is 30.0 Å². The monoisotopic (exact) mass is 504 g/mol. The van der Waals surface area contributed by atoms with Crippen molar-refractivity contribution in [1.29, 1.82) is 0 Å². The third-order valence-electron chi connectivity index (χ3n) is 7.01. The minimum atomic E-state index is -0.933. The topological polar surface area (TPSA) is 82.9 Å². The molecule has 1 amide bonds. The van der Waals surface area contributed by atoms with Gasteiger partial charge in [-0.25, -0.2) is 9.37 Å². The quantitative estimate of drug-likeness (QED) is 0.428. The number of aromatic nitrogens is 2. The Balaban J connectivity index is 1.40. The van der Waals surface area contributed by atoms with Crippen LogP contribution in [0.5, 0.6) is 5.75 Å². The summed E-state index contributed by atoms with van der Waals surface area (Å²) in [5.74, 6) is 7.21. The van der Waals surface area contributed by atoms with Crippen LogP contribution in [0.1, 0.15) is 46.9 Å². The van der Waals surface area contributed by atoms with Crippen LogP contribution >= 0.6 is 0 Å². The second kappa shape index (κ2) is 10.7. The number of halogens is 1. The second-order valence-corrected chi connectivity index (χ2v) is 9.67. The number of imidazole rings is 1. The molecule has 0 bridgehead atoms. The molecule has 2 aromatic heterocycles. The minimum absolute atomic E-state index is 0.203. The molecular formula is C28H33FN6O2. The number of fused-ring (bicyclic) bond motifs is 1. The van der Waals surface area contributed by atoms with Crippen molar-refractivity contribution in [1.82, 2.24) is 19.6 Å². The lowest BCUT2D eigenvalue weighted by Gasteiger charge is -2.33. The van der Waals surface area contributed by atoms with E-state index in [0.717, 1.165) is 48.5 Å². The fraction of sp³-hybridized carbons (Fsp3) is 0.429. The standard InChI is InChI=1S/C28H33FN6O2/c1-30-28(36)19-7-4-10-24(37-3)25(19)31-14-5-8-22-26(18-11-12-18)35-15-6-9-23(27(35)33-22)32-21-13-16-34(2)17-20(21)29/h4,6-7,9-10,15,18,20-21,31-32H,11-14,16-17H2,1-3H3,(H,30,36)/t20-,21+/m0/s1. The molecule has 5 rings (SSSR count).